The molecule has 0 amide bonds. The lowest BCUT2D eigenvalue weighted by atomic mass is 9.97. The molecule has 1 saturated heterocycles. The topological polar surface area (TPSA) is 76.0 Å². The molecule has 2 heterocycles. The zero-order valence-corrected chi connectivity index (χ0v) is 15.3. The second kappa shape index (κ2) is 5.81. The van der Waals surface area contributed by atoms with Crippen LogP contribution in [-0.4, -0.2) is 43.8 Å². The summed E-state index contributed by atoms with van der Waals surface area (Å²) in [6.07, 6.45) is 6.16. The van der Waals surface area contributed by atoms with E-state index in [9.17, 15) is 13.2 Å². The SMILES string of the molecule is O=C(O[C@H]1C[C@H]2CC[C@H]1C2)[C@H]1CCCN1C1=NS(=O)(=O)c2ccccc21. The Morgan fingerprint density at radius 3 is 2.77 bits per heavy atom. The number of ether oxygens (including phenoxy) is 1. The van der Waals surface area contributed by atoms with Crippen LogP contribution in [0.5, 0.6) is 0 Å². The molecule has 6 nitrogen and oxygen atoms in total. The molecule has 0 N–H and O–H groups in total. The third-order valence-corrected chi connectivity index (χ3v) is 7.68. The zero-order valence-electron chi connectivity index (χ0n) is 14.5. The van der Waals surface area contributed by atoms with E-state index in [4.69, 9.17) is 4.74 Å². The van der Waals surface area contributed by atoms with E-state index in [0.29, 0.717) is 36.2 Å². The number of fused-ring (bicyclic) bond motifs is 3. The van der Waals surface area contributed by atoms with Gasteiger partial charge >= 0.3 is 5.97 Å². The molecule has 7 heteroatoms. The van der Waals surface area contributed by atoms with E-state index in [1.165, 1.54) is 12.8 Å². The van der Waals surface area contributed by atoms with E-state index in [2.05, 4.69) is 4.40 Å². The van der Waals surface area contributed by atoms with Gasteiger partial charge in [-0.2, -0.15) is 8.42 Å². The Morgan fingerprint density at radius 1 is 1.15 bits per heavy atom. The summed E-state index contributed by atoms with van der Waals surface area (Å²) in [6.45, 7) is 0.624. The number of esters is 1. The monoisotopic (exact) mass is 374 g/mol. The zero-order chi connectivity index (χ0) is 17.9. The number of carbonyl (C=O) groups is 1. The van der Waals surface area contributed by atoms with Crippen LogP contribution < -0.4 is 0 Å². The van der Waals surface area contributed by atoms with Crippen LogP contribution in [-0.2, 0) is 19.6 Å². The molecule has 138 valence electrons. The maximum atomic E-state index is 12.8. The van der Waals surface area contributed by atoms with Crippen molar-refractivity contribution >= 4 is 21.8 Å². The summed E-state index contributed by atoms with van der Waals surface area (Å²) in [4.78, 5) is 14.9. The Hall–Kier alpha value is -1.89. The molecule has 2 bridgehead atoms. The first-order valence-electron chi connectivity index (χ1n) is 9.44. The Balaban J connectivity index is 1.39. The lowest BCUT2D eigenvalue weighted by Crippen LogP contribution is -2.43. The normalized spacial score (nSPS) is 34.0. The van der Waals surface area contributed by atoms with Gasteiger partial charge < -0.3 is 9.64 Å². The predicted molar refractivity (Wildman–Crippen MR) is 95.2 cm³/mol. The van der Waals surface area contributed by atoms with Gasteiger partial charge in [0.2, 0.25) is 0 Å². The number of hydrogen-bond acceptors (Lipinski definition) is 5. The fourth-order valence-corrected chi connectivity index (χ4v) is 6.34. The summed E-state index contributed by atoms with van der Waals surface area (Å²) in [5.74, 6) is 1.41. The molecular weight excluding hydrogens is 352 g/mol. The number of rotatable bonds is 2. The first-order valence-corrected chi connectivity index (χ1v) is 10.9. The first kappa shape index (κ1) is 16.3. The van der Waals surface area contributed by atoms with E-state index in [-0.39, 0.29) is 17.0 Å². The van der Waals surface area contributed by atoms with Crippen LogP contribution in [0, 0.1) is 11.8 Å². The van der Waals surface area contributed by atoms with Gasteiger partial charge in [-0.05, 0) is 62.5 Å². The quantitative estimate of drug-likeness (QED) is 0.743. The van der Waals surface area contributed by atoms with E-state index >= 15 is 0 Å². The average Bonchev–Trinajstić information content (AvgIpc) is 3.38. The first-order chi connectivity index (χ1) is 12.5. The van der Waals surface area contributed by atoms with Gasteiger partial charge in [-0.3, -0.25) is 0 Å². The van der Waals surface area contributed by atoms with Crippen molar-refractivity contribution in [2.24, 2.45) is 16.2 Å². The molecule has 3 fully saturated rings. The van der Waals surface area contributed by atoms with Crippen molar-refractivity contribution in [3.05, 3.63) is 29.8 Å². The van der Waals surface area contributed by atoms with E-state index in [1.807, 2.05) is 4.90 Å². The maximum absolute atomic E-state index is 12.8. The molecule has 2 aliphatic heterocycles. The minimum Gasteiger partial charge on any atom is -0.461 e. The van der Waals surface area contributed by atoms with Gasteiger partial charge in [0, 0.05) is 12.1 Å². The summed E-state index contributed by atoms with van der Waals surface area (Å²) in [5.41, 5.74) is 0.590. The highest BCUT2D eigenvalue weighted by atomic mass is 32.2. The molecule has 1 aromatic rings. The Kier molecular flexibility index (Phi) is 3.64. The molecule has 0 unspecified atom stereocenters. The van der Waals surface area contributed by atoms with Crippen molar-refractivity contribution in [1.82, 2.24) is 4.90 Å². The molecule has 0 radical (unpaired) electrons. The molecule has 4 atom stereocenters. The van der Waals surface area contributed by atoms with Crippen LogP contribution in [0.3, 0.4) is 0 Å². The molecule has 2 saturated carbocycles. The van der Waals surface area contributed by atoms with Crippen LogP contribution in [0.25, 0.3) is 0 Å². The highest BCUT2D eigenvalue weighted by Crippen LogP contribution is 2.46. The predicted octanol–water partition coefficient (Wildman–Crippen LogP) is 2.33. The summed E-state index contributed by atoms with van der Waals surface area (Å²) < 4.78 is 34.5. The number of benzene rings is 1. The molecular formula is C19H22N2O4S. The third kappa shape index (κ3) is 2.47. The standard InChI is InChI=1S/C19H22N2O4S/c22-19(25-16-11-12-7-8-13(16)10-12)15-5-3-9-21(15)18-14-4-1-2-6-17(14)26(23,24)20-18/h1-2,4,6,12-13,15-16H,3,5,7-11H2/t12-,13-,15+,16-/m0/s1. The van der Waals surface area contributed by atoms with Gasteiger partial charge in [-0.1, -0.05) is 12.1 Å². The smallest absolute Gasteiger partial charge is 0.329 e. The lowest BCUT2D eigenvalue weighted by molar-refractivity contribution is -0.155. The molecule has 26 heavy (non-hydrogen) atoms. The van der Waals surface area contributed by atoms with Gasteiger partial charge in [0.25, 0.3) is 10.0 Å². The number of sulfonamides is 1. The molecule has 0 aromatic heterocycles. The van der Waals surface area contributed by atoms with E-state index in [1.54, 1.807) is 24.3 Å². The minimum atomic E-state index is -3.68. The van der Waals surface area contributed by atoms with Crippen LogP contribution >= 0.6 is 0 Å². The molecule has 1 aromatic carbocycles. The molecule has 4 aliphatic rings. The number of carbonyl (C=O) groups excluding carboxylic acids is 1. The second-order valence-corrected chi connectivity index (χ2v) is 9.46. The van der Waals surface area contributed by atoms with E-state index < -0.39 is 16.1 Å². The van der Waals surface area contributed by atoms with Gasteiger partial charge in [0.1, 0.15) is 17.0 Å². The maximum Gasteiger partial charge on any atom is 0.329 e. The van der Waals surface area contributed by atoms with Crippen molar-refractivity contribution in [2.45, 2.75) is 55.6 Å². The number of hydrogen-bond donors (Lipinski definition) is 0. The fourth-order valence-electron chi connectivity index (χ4n) is 5.12. The van der Waals surface area contributed by atoms with Crippen molar-refractivity contribution in [3.63, 3.8) is 0 Å². The van der Waals surface area contributed by atoms with Crippen LogP contribution in [0.2, 0.25) is 0 Å². The summed E-state index contributed by atoms with van der Waals surface area (Å²) in [7, 11) is -3.68. The van der Waals surface area contributed by atoms with Crippen molar-refractivity contribution in [2.75, 3.05) is 6.54 Å². The molecule has 2 aliphatic carbocycles. The fraction of sp³-hybridized carbons (Fsp3) is 0.579. The van der Waals surface area contributed by atoms with Crippen LogP contribution in [0.15, 0.2) is 33.6 Å². The van der Waals surface area contributed by atoms with Gasteiger partial charge in [-0.15, -0.1) is 4.40 Å². The lowest BCUT2D eigenvalue weighted by Gasteiger charge is -2.28. The largest absolute Gasteiger partial charge is 0.461 e. The molecule has 0 spiro atoms. The Morgan fingerprint density at radius 2 is 2.00 bits per heavy atom. The number of nitrogens with zero attached hydrogens (tertiary/aromatic N) is 2. The number of amidine groups is 1. The van der Waals surface area contributed by atoms with Gasteiger partial charge in [0.05, 0.1) is 0 Å². The summed E-state index contributed by atoms with van der Waals surface area (Å²) in [6, 6.07) is 6.39. The van der Waals surface area contributed by atoms with Gasteiger partial charge in [0.15, 0.2) is 5.84 Å². The highest BCUT2D eigenvalue weighted by molar-refractivity contribution is 7.90. The van der Waals surface area contributed by atoms with Crippen molar-refractivity contribution in [3.8, 4) is 0 Å². The van der Waals surface area contributed by atoms with Crippen molar-refractivity contribution < 1.29 is 17.9 Å². The summed E-state index contributed by atoms with van der Waals surface area (Å²) in [5, 5.41) is 0. The summed E-state index contributed by atoms with van der Waals surface area (Å²) >= 11 is 0. The minimum absolute atomic E-state index is 0.0465. The average molecular weight is 374 g/mol. The Labute approximate surface area is 153 Å². The number of likely N-dealkylation sites (tertiary alicyclic amines) is 1. The second-order valence-electron chi connectivity index (χ2n) is 7.89. The van der Waals surface area contributed by atoms with Crippen LogP contribution in [0.4, 0.5) is 0 Å². The van der Waals surface area contributed by atoms with Crippen molar-refractivity contribution in [1.29, 1.82) is 0 Å². The van der Waals surface area contributed by atoms with E-state index in [0.717, 1.165) is 19.3 Å². The highest BCUT2D eigenvalue weighted by Gasteiger charge is 2.45. The van der Waals surface area contributed by atoms with Gasteiger partial charge in [-0.25, -0.2) is 4.79 Å². The van der Waals surface area contributed by atoms with Crippen LogP contribution in [0.1, 0.15) is 44.1 Å². The Bertz CT molecular complexity index is 895. The molecule has 5 rings (SSSR count). The third-order valence-electron chi connectivity index (χ3n) is 6.35.